The van der Waals surface area contributed by atoms with Crippen LogP contribution >= 0.6 is 0 Å². The summed E-state index contributed by atoms with van der Waals surface area (Å²) in [5, 5.41) is 10.8. The van der Waals surface area contributed by atoms with E-state index in [-0.39, 0.29) is 30.4 Å². The zero-order valence-electron chi connectivity index (χ0n) is 14.8. The van der Waals surface area contributed by atoms with Crippen molar-refractivity contribution in [3.05, 3.63) is 47.9 Å². The molecule has 0 amide bonds. The monoisotopic (exact) mass is 345 g/mol. The van der Waals surface area contributed by atoms with Crippen LogP contribution in [0.15, 0.2) is 36.4 Å². The number of carbonyl (C=O) groups excluding carboxylic acids is 1. The normalized spacial score (nSPS) is 23.8. The Labute approximate surface area is 147 Å². The van der Waals surface area contributed by atoms with E-state index in [2.05, 4.69) is 18.4 Å². The average molecular weight is 345 g/mol. The van der Waals surface area contributed by atoms with Gasteiger partial charge in [0, 0.05) is 11.4 Å². The van der Waals surface area contributed by atoms with Gasteiger partial charge in [-0.05, 0) is 54.3 Å². The number of aliphatic hydroxyl groups excluding tert-OH is 1. The molecule has 1 aromatic carbocycles. The zero-order chi connectivity index (χ0) is 18.1. The smallest absolute Gasteiger partial charge is 0.311 e. The number of cyclic esters (lactones) is 1. The van der Waals surface area contributed by atoms with Crippen molar-refractivity contribution in [1.29, 1.82) is 0 Å². The van der Waals surface area contributed by atoms with Crippen LogP contribution in [0.3, 0.4) is 0 Å². The first-order valence-electron chi connectivity index (χ1n) is 8.75. The summed E-state index contributed by atoms with van der Waals surface area (Å²) in [4.78, 5) is 11.9. The second-order valence-corrected chi connectivity index (χ2v) is 6.88. The molecule has 3 unspecified atom stereocenters. The van der Waals surface area contributed by atoms with Gasteiger partial charge in [0.1, 0.15) is 12.4 Å². The molecule has 3 atom stereocenters. The van der Waals surface area contributed by atoms with Crippen molar-refractivity contribution in [2.45, 2.75) is 45.3 Å². The molecule has 3 rings (SSSR count). The summed E-state index contributed by atoms with van der Waals surface area (Å²) >= 11 is 0. The minimum atomic E-state index is -0.810. The van der Waals surface area contributed by atoms with E-state index >= 15 is 0 Å². The predicted octanol–water partition coefficient (Wildman–Crippen LogP) is 3.90. The van der Waals surface area contributed by atoms with Gasteiger partial charge >= 0.3 is 5.97 Å². The molecule has 0 saturated carbocycles. The average Bonchev–Trinajstić information content (AvgIpc) is 3.01. The lowest BCUT2D eigenvalue weighted by molar-refractivity contribution is -0.166. The fourth-order valence-corrected chi connectivity index (χ4v) is 3.58. The molecule has 2 heterocycles. The van der Waals surface area contributed by atoms with Crippen molar-refractivity contribution in [3.8, 4) is 11.3 Å². The van der Waals surface area contributed by atoms with Gasteiger partial charge in [-0.2, -0.15) is 0 Å². The van der Waals surface area contributed by atoms with Crippen LogP contribution < -0.4 is 0 Å². The molecule has 0 aliphatic carbocycles. The highest BCUT2D eigenvalue weighted by atomic mass is 19.1. The van der Waals surface area contributed by atoms with Crippen molar-refractivity contribution in [2.24, 2.45) is 5.92 Å². The number of hydrogen-bond acceptors (Lipinski definition) is 3. The van der Waals surface area contributed by atoms with Gasteiger partial charge in [-0.15, -0.1) is 0 Å². The van der Waals surface area contributed by atoms with Gasteiger partial charge in [0.2, 0.25) is 0 Å². The van der Waals surface area contributed by atoms with Gasteiger partial charge in [-0.1, -0.05) is 20.8 Å². The molecule has 134 valence electrons. The second kappa shape index (κ2) is 7.00. The Kier molecular flexibility index (Phi) is 4.95. The number of ether oxygens (including phenoxy) is 1. The van der Waals surface area contributed by atoms with E-state index in [1.54, 1.807) is 12.1 Å². The van der Waals surface area contributed by atoms with Crippen molar-refractivity contribution in [2.75, 3.05) is 6.61 Å². The summed E-state index contributed by atoms with van der Waals surface area (Å²) in [6, 6.07) is 9.95. The number of nitrogens with zero attached hydrogens (tertiary/aromatic N) is 1. The molecule has 4 nitrogen and oxygen atoms in total. The van der Waals surface area contributed by atoms with Crippen molar-refractivity contribution in [3.63, 3.8) is 0 Å². The molecule has 5 heteroatoms. The van der Waals surface area contributed by atoms with E-state index in [1.165, 1.54) is 12.1 Å². The lowest BCUT2D eigenvalue weighted by Crippen LogP contribution is -2.44. The molecule has 0 radical (unpaired) electrons. The maximum Gasteiger partial charge on any atom is 0.311 e. The van der Waals surface area contributed by atoms with Crippen LogP contribution in [0, 0.1) is 11.7 Å². The topological polar surface area (TPSA) is 51.5 Å². The molecule has 1 aliphatic heterocycles. The van der Waals surface area contributed by atoms with Crippen LogP contribution in [-0.4, -0.2) is 28.4 Å². The number of carbonyl (C=O) groups is 1. The summed E-state index contributed by atoms with van der Waals surface area (Å²) in [7, 11) is 0. The Hall–Kier alpha value is -2.14. The summed E-state index contributed by atoms with van der Waals surface area (Å²) < 4.78 is 20.7. The Balaban J connectivity index is 2.09. The van der Waals surface area contributed by atoms with E-state index in [0.717, 1.165) is 17.0 Å². The largest absolute Gasteiger partial charge is 0.463 e. The first kappa shape index (κ1) is 17.7. The minimum absolute atomic E-state index is 0.138. The molecule has 1 saturated heterocycles. The van der Waals surface area contributed by atoms with E-state index in [9.17, 15) is 14.3 Å². The van der Waals surface area contributed by atoms with Crippen LogP contribution in [-0.2, 0) is 9.53 Å². The number of rotatable bonds is 4. The molecule has 1 N–H and O–H groups in total. The van der Waals surface area contributed by atoms with E-state index in [1.807, 2.05) is 19.1 Å². The van der Waals surface area contributed by atoms with Crippen LogP contribution in [0.5, 0.6) is 0 Å². The number of aromatic nitrogens is 1. The fourth-order valence-electron chi connectivity index (χ4n) is 3.58. The number of aliphatic hydroxyl groups is 1. The SMILES string of the molecule is CCC1C(=O)OCC(n2c(-c3ccc(F)cc3)ccc2C(C)C)C1O. The molecule has 1 fully saturated rings. The highest BCUT2D eigenvalue weighted by Gasteiger charge is 2.40. The number of esters is 1. The molecule has 1 aromatic heterocycles. The van der Waals surface area contributed by atoms with E-state index in [0.29, 0.717) is 6.42 Å². The number of halogens is 1. The maximum atomic E-state index is 13.3. The highest BCUT2D eigenvalue weighted by Crippen LogP contribution is 2.36. The molecule has 0 bridgehead atoms. The Bertz CT molecular complexity index is 751. The minimum Gasteiger partial charge on any atom is -0.463 e. The number of benzene rings is 1. The van der Waals surface area contributed by atoms with Gasteiger partial charge in [-0.3, -0.25) is 4.79 Å². The van der Waals surface area contributed by atoms with Crippen LogP contribution in [0.4, 0.5) is 4.39 Å². The Morgan fingerprint density at radius 1 is 1.24 bits per heavy atom. The third-order valence-electron chi connectivity index (χ3n) is 4.96. The molecular weight excluding hydrogens is 321 g/mol. The third-order valence-corrected chi connectivity index (χ3v) is 4.96. The quantitative estimate of drug-likeness (QED) is 0.855. The van der Waals surface area contributed by atoms with Gasteiger partial charge in [0.25, 0.3) is 0 Å². The first-order valence-corrected chi connectivity index (χ1v) is 8.75. The summed E-state index contributed by atoms with van der Waals surface area (Å²) in [6.45, 7) is 6.17. The third kappa shape index (κ3) is 3.21. The van der Waals surface area contributed by atoms with E-state index < -0.39 is 12.0 Å². The standard InChI is InChI=1S/C20H24FNO3/c1-4-15-19(23)18(11-25-20(15)24)22-16(12(2)3)9-10-17(22)13-5-7-14(21)8-6-13/h5-10,12,15,18-19,23H,4,11H2,1-3H3. The van der Waals surface area contributed by atoms with Gasteiger partial charge in [0.15, 0.2) is 0 Å². The van der Waals surface area contributed by atoms with Crippen molar-refractivity contribution < 1.29 is 19.0 Å². The highest BCUT2D eigenvalue weighted by molar-refractivity contribution is 5.74. The van der Waals surface area contributed by atoms with Gasteiger partial charge < -0.3 is 14.4 Å². The first-order chi connectivity index (χ1) is 11.9. The van der Waals surface area contributed by atoms with Crippen LogP contribution in [0.25, 0.3) is 11.3 Å². The maximum absolute atomic E-state index is 13.3. The van der Waals surface area contributed by atoms with Gasteiger partial charge in [0.05, 0.1) is 18.1 Å². The molecular formula is C20H24FNO3. The molecule has 25 heavy (non-hydrogen) atoms. The molecule has 2 aromatic rings. The second-order valence-electron chi connectivity index (χ2n) is 6.88. The van der Waals surface area contributed by atoms with Crippen molar-refractivity contribution >= 4 is 5.97 Å². The van der Waals surface area contributed by atoms with Gasteiger partial charge in [-0.25, -0.2) is 4.39 Å². The fraction of sp³-hybridized carbons (Fsp3) is 0.450. The van der Waals surface area contributed by atoms with E-state index in [4.69, 9.17) is 4.74 Å². The zero-order valence-corrected chi connectivity index (χ0v) is 14.8. The molecule has 0 spiro atoms. The summed E-state index contributed by atoms with van der Waals surface area (Å²) in [5.74, 6) is -0.919. The Morgan fingerprint density at radius 3 is 2.52 bits per heavy atom. The summed E-state index contributed by atoms with van der Waals surface area (Å²) in [6.07, 6.45) is -0.281. The van der Waals surface area contributed by atoms with Crippen molar-refractivity contribution in [1.82, 2.24) is 4.57 Å². The van der Waals surface area contributed by atoms with Crippen LogP contribution in [0.1, 0.15) is 44.8 Å². The predicted molar refractivity (Wildman–Crippen MR) is 93.7 cm³/mol. The summed E-state index contributed by atoms with van der Waals surface area (Å²) in [5.41, 5.74) is 2.81. The van der Waals surface area contributed by atoms with Crippen LogP contribution in [0.2, 0.25) is 0 Å². The molecule has 1 aliphatic rings. The lowest BCUT2D eigenvalue weighted by atomic mass is 9.91. The number of hydrogen-bond donors (Lipinski definition) is 1. The lowest BCUT2D eigenvalue weighted by Gasteiger charge is -2.36. The Morgan fingerprint density at radius 2 is 1.92 bits per heavy atom.